The highest BCUT2D eigenvalue weighted by Crippen LogP contribution is 2.38. The van der Waals surface area contributed by atoms with Crippen molar-refractivity contribution >= 4 is 17.9 Å². The monoisotopic (exact) mass is 340 g/mol. The van der Waals surface area contributed by atoms with Crippen molar-refractivity contribution in [3.63, 3.8) is 0 Å². The average Bonchev–Trinajstić information content (AvgIpc) is 2.86. The molecule has 136 valence electrons. The van der Waals surface area contributed by atoms with Gasteiger partial charge >= 0.3 is 17.9 Å². The summed E-state index contributed by atoms with van der Waals surface area (Å²) >= 11 is 0. The molecule has 1 heterocycles. The molecule has 0 spiro atoms. The van der Waals surface area contributed by atoms with Gasteiger partial charge in [-0.2, -0.15) is 0 Å². The van der Waals surface area contributed by atoms with Gasteiger partial charge in [-0.25, -0.2) is 9.59 Å². The molecular formula is C18H28O6. The molecule has 1 rings (SSSR count). The van der Waals surface area contributed by atoms with Crippen LogP contribution in [0.5, 0.6) is 0 Å². The Kier molecular flexibility index (Phi) is 6.58. The van der Waals surface area contributed by atoms with Gasteiger partial charge in [0.2, 0.25) is 6.10 Å². The summed E-state index contributed by atoms with van der Waals surface area (Å²) in [4.78, 5) is 36.0. The summed E-state index contributed by atoms with van der Waals surface area (Å²) < 4.78 is 15.8. The Labute approximate surface area is 143 Å². The molecule has 4 atom stereocenters. The van der Waals surface area contributed by atoms with Crippen LogP contribution in [0.2, 0.25) is 0 Å². The highest BCUT2D eigenvalue weighted by Gasteiger charge is 2.45. The van der Waals surface area contributed by atoms with Crippen LogP contribution in [0.4, 0.5) is 0 Å². The van der Waals surface area contributed by atoms with Crippen LogP contribution in [0.1, 0.15) is 53.9 Å². The molecule has 0 radical (unpaired) electrons. The average molecular weight is 340 g/mol. The second kappa shape index (κ2) is 7.81. The zero-order valence-corrected chi connectivity index (χ0v) is 15.2. The van der Waals surface area contributed by atoms with Gasteiger partial charge in [-0.15, -0.1) is 0 Å². The fourth-order valence-corrected chi connectivity index (χ4v) is 2.72. The van der Waals surface area contributed by atoms with E-state index in [9.17, 15) is 14.4 Å². The van der Waals surface area contributed by atoms with Crippen molar-refractivity contribution < 1.29 is 28.6 Å². The molecule has 0 aromatic rings. The molecule has 1 aliphatic rings. The maximum Gasteiger partial charge on any atom is 0.347 e. The van der Waals surface area contributed by atoms with E-state index >= 15 is 0 Å². The Balaban J connectivity index is 2.90. The van der Waals surface area contributed by atoms with Crippen molar-refractivity contribution in [3.05, 3.63) is 12.7 Å². The third-order valence-electron chi connectivity index (χ3n) is 4.77. The van der Waals surface area contributed by atoms with Crippen LogP contribution in [0.15, 0.2) is 12.7 Å². The number of carbonyl (C=O) groups is 3. The third kappa shape index (κ3) is 4.58. The molecule has 6 heteroatoms. The first-order chi connectivity index (χ1) is 11.1. The van der Waals surface area contributed by atoms with E-state index in [4.69, 9.17) is 14.2 Å². The van der Waals surface area contributed by atoms with Crippen LogP contribution in [0.3, 0.4) is 0 Å². The van der Waals surface area contributed by atoms with E-state index in [-0.39, 0.29) is 12.5 Å². The van der Waals surface area contributed by atoms with E-state index in [1.165, 1.54) is 0 Å². The summed E-state index contributed by atoms with van der Waals surface area (Å²) in [5.41, 5.74) is -1.70. The van der Waals surface area contributed by atoms with Crippen LogP contribution < -0.4 is 0 Å². The summed E-state index contributed by atoms with van der Waals surface area (Å²) in [5.74, 6) is -1.68. The minimum absolute atomic E-state index is 0.168. The van der Waals surface area contributed by atoms with Gasteiger partial charge in [0.15, 0.2) is 0 Å². The third-order valence-corrected chi connectivity index (χ3v) is 4.77. The Bertz CT molecular complexity index is 514. The van der Waals surface area contributed by atoms with Crippen LogP contribution in [-0.2, 0) is 28.6 Å². The number of rotatable bonds is 8. The van der Waals surface area contributed by atoms with E-state index in [0.29, 0.717) is 19.3 Å². The molecule has 24 heavy (non-hydrogen) atoms. The SMILES string of the molecule is C=CC(=O)OC(C)(CC)CC(C)(CC)C(=O)OC1C(=O)OCC1C. The smallest absolute Gasteiger partial charge is 0.347 e. The van der Waals surface area contributed by atoms with Gasteiger partial charge < -0.3 is 14.2 Å². The van der Waals surface area contributed by atoms with E-state index in [1.807, 2.05) is 13.8 Å². The molecule has 0 saturated carbocycles. The second-order valence-corrected chi connectivity index (χ2v) is 6.95. The first kappa shape index (κ1) is 20.2. The minimum Gasteiger partial charge on any atom is -0.462 e. The fourth-order valence-electron chi connectivity index (χ4n) is 2.72. The number of carbonyl (C=O) groups excluding carboxylic acids is 3. The standard InChI is InChI=1S/C18H28O6/c1-7-13(19)24-18(6,9-3)11-17(5,8-2)16(21)23-14-12(4)10-22-15(14)20/h7,12,14H,1,8-11H2,2-6H3. The maximum atomic E-state index is 12.7. The highest BCUT2D eigenvalue weighted by molar-refractivity contribution is 5.84. The van der Waals surface area contributed by atoms with Crippen LogP contribution in [0, 0.1) is 11.3 Å². The normalized spacial score (nSPS) is 25.1. The summed E-state index contributed by atoms with van der Waals surface area (Å²) in [5, 5.41) is 0. The van der Waals surface area contributed by atoms with Gasteiger partial charge in [-0.1, -0.05) is 27.4 Å². The Hall–Kier alpha value is -1.85. The van der Waals surface area contributed by atoms with E-state index in [1.54, 1.807) is 20.8 Å². The summed E-state index contributed by atoms with van der Waals surface area (Å²) in [7, 11) is 0. The topological polar surface area (TPSA) is 78.9 Å². The zero-order valence-electron chi connectivity index (χ0n) is 15.2. The molecule has 6 nitrogen and oxygen atoms in total. The quantitative estimate of drug-likeness (QED) is 0.384. The maximum absolute atomic E-state index is 12.7. The van der Waals surface area contributed by atoms with Crippen molar-refractivity contribution in [2.75, 3.05) is 6.61 Å². The molecular weight excluding hydrogens is 312 g/mol. The molecule has 0 amide bonds. The lowest BCUT2D eigenvalue weighted by molar-refractivity contribution is -0.175. The van der Waals surface area contributed by atoms with Gasteiger partial charge in [0.25, 0.3) is 0 Å². The zero-order chi connectivity index (χ0) is 18.5. The number of hydrogen-bond acceptors (Lipinski definition) is 6. The van der Waals surface area contributed by atoms with Gasteiger partial charge in [-0.05, 0) is 26.7 Å². The fraction of sp³-hybridized carbons (Fsp3) is 0.722. The largest absolute Gasteiger partial charge is 0.462 e. The predicted molar refractivity (Wildman–Crippen MR) is 88.0 cm³/mol. The molecule has 0 bridgehead atoms. The number of ether oxygens (including phenoxy) is 3. The Morgan fingerprint density at radius 2 is 1.96 bits per heavy atom. The van der Waals surface area contributed by atoms with E-state index < -0.39 is 35.0 Å². The summed E-state index contributed by atoms with van der Waals surface area (Å²) in [6, 6.07) is 0. The molecule has 0 aromatic heterocycles. The van der Waals surface area contributed by atoms with Gasteiger partial charge in [-0.3, -0.25) is 4.79 Å². The summed E-state index contributed by atoms with van der Waals surface area (Å²) in [6.45, 7) is 12.7. The van der Waals surface area contributed by atoms with Crippen molar-refractivity contribution in [2.45, 2.75) is 65.6 Å². The van der Waals surface area contributed by atoms with Gasteiger partial charge in [0.1, 0.15) is 5.60 Å². The second-order valence-electron chi connectivity index (χ2n) is 6.95. The van der Waals surface area contributed by atoms with Gasteiger partial charge in [0.05, 0.1) is 12.0 Å². The van der Waals surface area contributed by atoms with Crippen molar-refractivity contribution in [1.82, 2.24) is 0 Å². The van der Waals surface area contributed by atoms with Crippen molar-refractivity contribution in [1.29, 1.82) is 0 Å². The number of hydrogen-bond donors (Lipinski definition) is 0. The lowest BCUT2D eigenvalue weighted by Gasteiger charge is -2.37. The molecule has 0 aliphatic carbocycles. The number of esters is 3. The lowest BCUT2D eigenvalue weighted by atomic mass is 9.76. The van der Waals surface area contributed by atoms with Gasteiger partial charge in [0, 0.05) is 18.4 Å². The Morgan fingerprint density at radius 1 is 1.33 bits per heavy atom. The first-order valence-electron chi connectivity index (χ1n) is 8.34. The van der Waals surface area contributed by atoms with E-state index in [2.05, 4.69) is 6.58 Å². The van der Waals surface area contributed by atoms with E-state index in [0.717, 1.165) is 6.08 Å². The molecule has 0 aromatic carbocycles. The van der Waals surface area contributed by atoms with Crippen molar-refractivity contribution in [2.24, 2.45) is 11.3 Å². The van der Waals surface area contributed by atoms with Crippen LogP contribution in [0.25, 0.3) is 0 Å². The molecule has 4 unspecified atom stereocenters. The Morgan fingerprint density at radius 3 is 2.38 bits per heavy atom. The first-order valence-corrected chi connectivity index (χ1v) is 8.34. The molecule has 1 aliphatic heterocycles. The van der Waals surface area contributed by atoms with Crippen molar-refractivity contribution in [3.8, 4) is 0 Å². The number of cyclic esters (lactones) is 1. The summed E-state index contributed by atoms with van der Waals surface area (Å²) in [6.07, 6.45) is 1.56. The lowest BCUT2D eigenvalue weighted by Crippen LogP contribution is -2.43. The minimum atomic E-state index is -0.880. The van der Waals surface area contributed by atoms with Crippen LogP contribution >= 0.6 is 0 Å². The molecule has 1 saturated heterocycles. The molecule has 0 N–H and O–H groups in total. The molecule has 1 fully saturated rings. The predicted octanol–water partition coefficient (Wildman–Crippen LogP) is 2.80. The van der Waals surface area contributed by atoms with Crippen LogP contribution in [-0.4, -0.2) is 36.2 Å². The highest BCUT2D eigenvalue weighted by atomic mass is 16.6.